The van der Waals surface area contributed by atoms with Gasteiger partial charge in [-0.25, -0.2) is 4.79 Å². The molecule has 0 aromatic heterocycles. The number of thioether (sulfide) groups is 1. The Kier molecular flexibility index (Phi) is 3.00. The first-order valence-corrected chi connectivity index (χ1v) is 5.85. The number of allylic oxidation sites excluding steroid dienone is 1. The van der Waals surface area contributed by atoms with E-state index in [1.807, 2.05) is 13.0 Å². The zero-order chi connectivity index (χ0) is 10.8. The van der Waals surface area contributed by atoms with Crippen LogP contribution in [0.25, 0.3) is 0 Å². The number of ether oxygens (including phenoxy) is 1. The molecule has 82 valence electrons. The molecule has 2 saturated heterocycles. The van der Waals surface area contributed by atoms with E-state index in [-0.39, 0.29) is 29.1 Å². The Morgan fingerprint density at radius 3 is 3.13 bits per heavy atom. The van der Waals surface area contributed by atoms with Crippen LogP contribution in [0.2, 0.25) is 0 Å². The van der Waals surface area contributed by atoms with Crippen LogP contribution in [0.3, 0.4) is 0 Å². The van der Waals surface area contributed by atoms with E-state index in [0.29, 0.717) is 6.54 Å². The lowest BCUT2D eigenvalue weighted by atomic mass is 10.2. The van der Waals surface area contributed by atoms with Crippen LogP contribution in [-0.2, 0) is 9.53 Å². The Hall–Kier alpha value is -0.970. The summed E-state index contributed by atoms with van der Waals surface area (Å²) in [7, 11) is 0. The largest absolute Gasteiger partial charge is 0.445 e. The van der Waals surface area contributed by atoms with Gasteiger partial charge in [0, 0.05) is 11.8 Å². The average Bonchev–Trinajstić information content (AvgIpc) is 2.76. The fraction of sp³-hybridized carbons (Fsp3) is 0.600. The first-order valence-electron chi connectivity index (χ1n) is 4.97. The molecule has 15 heavy (non-hydrogen) atoms. The van der Waals surface area contributed by atoms with Gasteiger partial charge in [0.1, 0.15) is 12.6 Å². The van der Waals surface area contributed by atoms with Gasteiger partial charge in [-0.3, -0.25) is 9.69 Å². The van der Waals surface area contributed by atoms with Crippen LogP contribution in [0.1, 0.15) is 13.3 Å². The van der Waals surface area contributed by atoms with Crippen molar-refractivity contribution in [1.29, 1.82) is 0 Å². The van der Waals surface area contributed by atoms with Crippen molar-refractivity contribution in [3.05, 3.63) is 12.2 Å². The van der Waals surface area contributed by atoms with Crippen molar-refractivity contribution in [2.75, 3.05) is 13.2 Å². The lowest BCUT2D eigenvalue weighted by molar-refractivity contribution is -0.114. The van der Waals surface area contributed by atoms with E-state index < -0.39 is 0 Å². The summed E-state index contributed by atoms with van der Waals surface area (Å²) in [5, 5.41) is 0.394. The Morgan fingerprint density at radius 1 is 1.73 bits per heavy atom. The van der Waals surface area contributed by atoms with Crippen molar-refractivity contribution in [2.45, 2.75) is 24.6 Å². The van der Waals surface area contributed by atoms with Gasteiger partial charge in [0.15, 0.2) is 0 Å². The molecule has 0 saturated carbocycles. The number of fused-ring (bicyclic) bond motifs is 2. The SMILES string of the molecule is CC=CCOC(=O)N1C[C@@H]2C[C@H]1C(=O)S2. The minimum atomic E-state index is -0.366. The number of likely N-dealkylation sites (tertiary alicyclic amines) is 1. The topological polar surface area (TPSA) is 46.6 Å². The molecule has 2 aliphatic heterocycles. The highest BCUT2D eigenvalue weighted by molar-refractivity contribution is 8.14. The Morgan fingerprint density at radius 2 is 2.53 bits per heavy atom. The number of carbonyl (C=O) groups excluding carboxylic acids is 2. The molecular formula is C10H13NO3S. The summed E-state index contributed by atoms with van der Waals surface area (Å²) in [6.07, 6.45) is 4.02. The molecule has 0 aromatic carbocycles. The third-order valence-corrected chi connectivity index (χ3v) is 3.77. The molecule has 2 aliphatic rings. The molecule has 0 aliphatic carbocycles. The maximum atomic E-state index is 11.6. The van der Waals surface area contributed by atoms with E-state index in [1.54, 1.807) is 11.0 Å². The second kappa shape index (κ2) is 4.26. The van der Waals surface area contributed by atoms with Crippen molar-refractivity contribution >= 4 is 23.0 Å². The summed E-state index contributed by atoms with van der Waals surface area (Å²) < 4.78 is 5.01. The van der Waals surface area contributed by atoms with Gasteiger partial charge in [0.05, 0.1) is 0 Å². The van der Waals surface area contributed by atoms with Crippen LogP contribution in [0.15, 0.2) is 12.2 Å². The van der Waals surface area contributed by atoms with Gasteiger partial charge in [-0.15, -0.1) is 0 Å². The number of nitrogens with zero attached hydrogens (tertiary/aromatic N) is 1. The number of carbonyl (C=O) groups is 2. The highest BCUT2D eigenvalue weighted by Gasteiger charge is 2.47. The van der Waals surface area contributed by atoms with Crippen molar-refractivity contribution in [3.63, 3.8) is 0 Å². The highest BCUT2D eigenvalue weighted by Crippen LogP contribution is 2.38. The molecule has 0 N–H and O–H groups in total. The zero-order valence-electron chi connectivity index (χ0n) is 8.51. The van der Waals surface area contributed by atoms with Gasteiger partial charge in [-0.2, -0.15) is 0 Å². The second-order valence-corrected chi connectivity index (χ2v) is 4.91. The molecular weight excluding hydrogens is 214 g/mol. The van der Waals surface area contributed by atoms with Crippen LogP contribution in [0.4, 0.5) is 4.79 Å². The third kappa shape index (κ3) is 2.02. The summed E-state index contributed by atoms with van der Waals surface area (Å²) >= 11 is 1.36. The molecule has 0 aromatic rings. The highest BCUT2D eigenvalue weighted by atomic mass is 32.2. The molecule has 2 heterocycles. The van der Waals surface area contributed by atoms with Crippen LogP contribution in [0.5, 0.6) is 0 Å². The van der Waals surface area contributed by atoms with Crippen molar-refractivity contribution in [2.24, 2.45) is 0 Å². The van der Waals surface area contributed by atoms with Gasteiger partial charge in [0.25, 0.3) is 0 Å². The Bertz CT molecular complexity index is 316. The molecule has 0 radical (unpaired) electrons. The van der Waals surface area contributed by atoms with E-state index >= 15 is 0 Å². The van der Waals surface area contributed by atoms with Gasteiger partial charge in [-0.1, -0.05) is 23.9 Å². The van der Waals surface area contributed by atoms with E-state index in [2.05, 4.69) is 0 Å². The second-order valence-electron chi connectivity index (χ2n) is 3.61. The Balaban J connectivity index is 1.89. The van der Waals surface area contributed by atoms with E-state index in [9.17, 15) is 9.59 Å². The lowest BCUT2D eigenvalue weighted by Crippen LogP contribution is -2.41. The molecule has 2 rings (SSSR count). The number of hydrogen-bond donors (Lipinski definition) is 0. The van der Waals surface area contributed by atoms with Crippen LogP contribution < -0.4 is 0 Å². The summed E-state index contributed by atoms with van der Waals surface area (Å²) in [4.78, 5) is 24.5. The molecule has 2 bridgehead atoms. The summed E-state index contributed by atoms with van der Waals surface area (Å²) in [6, 6.07) is -0.238. The smallest absolute Gasteiger partial charge is 0.410 e. The van der Waals surface area contributed by atoms with Crippen molar-refractivity contribution in [3.8, 4) is 0 Å². The van der Waals surface area contributed by atoms with Gasteiger partial charge >= 0.3 is 6.09 Å². The summed E-state index contributed by atoms with van der Waals surface area (Å²) in [5.74, 6) is 0. The first kappa shape index (κ1) is 10.5. The van der Waals surface area contributed by atoms with E-state index in [1.165, 1.54) is 11.8 Å². The molecule has 5 heteroatoms. The van der Waals surface area contributed by atoms with Crippen LogP contribution in [-0.4, -0.2) is 40.6 Å². The van der Waals surface area contributed by atoms with E-state index in [0.717, 1.165) is 6.42 Å². The molecule has 0 spiro atoms. The number of rotatable bonds is 2. The van der Waals surface area contributed by atoms with Crippen molar-refractivity contribution in [1.82, 2.24) is 4.90 Å². The van der Waals surface area contributed by atoms with E-state index in [4.69, 9.17) is 4.74 Å². The summed E-state index contributed by atoms with van der Waals surface area (Å²) in [6.45, 7) is 2.80. The van der Waals surface area contributed by atoms with Gasteiger partial charge in [-0.05, 0) is 13.3 Å². The zero-order valence-corrected chi connectivity index (χ0v) is 9.33. The number of amides is 1. The summed E-state index contributed by atoms with van der Waals surface area (Å²) in [5.41, 5.74) is 0. The molecule has 2 atom stereocenters. The van der Waals surface area contributed by atoms with Gasteiger partial charge in [0.2, 0.25) is 5.12 Å². The van der Waals surface area contributed by atoms with Crippen LogP contribution in [0, 0.1) is 0 Å². The predicted molar refractivity (Wildman–Crippen MR) is 57.7 cm³/mol. The molecule has 1 amide bonds. The monoisotopic (exact) mass is 227 g/mol. The van der Waals surface area contributed by atoms with Crippen molar-refractivity contribution < 1.29 is 14.3 Å². The Labute approximate surface area is 92.6 Å². The lowest BCUT2D eigenvalue weighted by Gasteiger charge is -2.24. The quantitative estimate of drug-likeness (QED) is 0.669. The van der Waals surface area contributed by atoms with Crippen LogP contribution >= 0.6 is 11.8 Å². The fourth-order valence-corrected chi connectivity index (χ4v) is 3.07. The maximum absolute atomic E-state index is 11.6. The van der Waals surface area contributed by atoms with Gasteiger partial charge < -0.3 is 4.74 Å². The fourth-order valence-electron chi connectivity index (χ4n) is 1.85. The maximum Gasteiger partial charge on any atom is 0.410 e. The first-order chi connectivity index (χ1) is 7.22. The minimum absolute atomic E-state index is 0.106. The normalized spacial score (nSPS) is 29.1. The minimum Gasteiger partial charge on any atom is -0.445 e. The predicted octanol–water partition coefficient (Wildman–Crippen LogP) is 1.42. The third-order valence-electron chi connectivity index (χ3n) is 2.59. The number of hydrogen-bond acceptors (Lipinski definition) is 4. The average molecular weight is 227 g/mol. The molecule has 2 fully saturated rings. The standard InChI is InChI=1S/C10H13NO3S/c1-2-3-4-14-10(13)11-6-7-5-8(11)9(12)15-7/h2-3,7-8H,4-6H2,1H3/t7-,8-/m0/s1. The molecule has 4 nitrogen and oxygen atoms in total. The molecule has 0 unspecified atom stereocenters.